The van der Waals surface area contributed by atoms with Gasteiger partial charge in [0.15, 0.2) is 6.61 Å². The molecule has 2 aromatic carbocycles. The minimum absolute atomic E-state index is 0.0367. The highest BCUT2D eigenvalue weighted by atomic mass is 16.5. The van der Waals surface area contributed by atoms with Crippen LogP contribution in [0.15, 0.2) is 36.4 Å². The molecule has 0 unspecified atom stereocenters. The largest absolute Gasteiger partial charge is 0.482 e. The summed E-state index contributed by atoms with van der Waals surface area (Å²) in [7, 11) is 2.14. The lowest BCUT2D eigenvalue weighted by Crippen LogP contribution is -2.44. The van der Waals surface area contributed by atoms with Crippen molar-refractivity contribution >= 4 is 28.9 Å². The molecule has 2 N–H and O–H groups in total. The second kappa shape index (κ2) is 7.52. The third-order valence-electron chi connectivity index (χ3n) is 5.18. The molecule has 2 aromatic rings. The van der Waals surface area contributed by atoms with Gasteiger partial charge in [-0.05, 0) is 55.9 Å². The van der Waals surface area contributed by atoms with Gasteiger partial charge in [-0.25, -0.2) is 0 Å². The van der Waals surface area contributed by atoms with Crippen molar-refractivity contribution in [1.82, 2.24) is 4.90 Å². The minimum atomic E-state index is -0.213. The van der Waals surface area contributed by atoms with Gasteiger partial charge in [-0.15, -0.1) is 0 Å². The van der Waals surface area contributed by atoms with Crippen LogP contribution in [-0.4, -0.2) is 56.5 Å². The molecule has 28 heavy (non-hydrogen) atoms. The third kappa shape index (κ3) is 3.80. The lowest BCUT2D eigenvalue weighted by atomic mass is 10.1. The van der Waals surface area contributed by atoms with Gasteiger partial charge in [0.05, 0.1) is 5.69 Å². The van der Waals surface area contributed by atoms with Crippen molar-refractivity contribution in [3.05, 3.63) is 47.5 Å². The minimum Gasteiger partial charge on any atom is -0.482 e. The predicted octanol–water partition coefficient (Wildman–Crippen LogP) is 2.33. The Balaban J connectivity index is 1.46. The summed E-state index contributed by atoms with van der Waals surface area (Å²) < 4.78 is 5.39. The van der Waals surface area contributed by atoms with Crippen LogP contribution in [-0.2, 0) is 4.79 Å². The van der Waals surface area contributed by atoms with Gasteiger partial charge in [0, 0.05) is 43.1 Å². The topological polar surface area (TPSA) is 73.9 Å². The summed E-state index contributed by atoms with van der Waals surface area (Å²) in [6, 6.07) is 11.0. The van der Waals surface area contributed by atoms with Gasteiger partial charge in [0.1, 0.15) is 5.75 Å². The number of anilines is 3. The zero-order valence-corrected chi connectivity index (χ0v) is 16.1. The first-order valence-electron chi connectivity index (χ1n) is 9.42. The number of nitrogens with one attached hydrogen (secondary N) is 2. The number of carbonyl (C=O) groups excluding carboxylic acids is 2. The first kappa shape index (κ1) is 18.3. The van der Waals surface area contributed by atoms with Crippen molar-refractivity contribution in [1.29, 1.82) is 0 Å². The number of benzene rings is 2. The first-order valence-corrected chi connectivity index (χ1v) is 9.42. The van der Waals surface area contributed by atoms with Crippen LogP contribution >= 0.6 is 0 Å². The maximum absolute atomic E-state index is 12.6. The lowest BCUT2D eigenvalue weighted by Gasteiger charge is -2.35. The summed E-state index contributed by atoms with van der Waals surface area (Å²) in [6.07, 6.45) is 0. The van der Waals surface area contributed by atoms with Crippen molar-refractivity contribution in [3.8, 4) is 5.75 Å². The zero-order valence-electron chi connectivity index (χ0n) is 16.1. The van der Waals surface area contributed by atoms with Crippen molar-refractivity contribution in [2.24, 2.45) is 0 Å². The van der Waals surface area contributed by atoms with Crippen molar-refractivity contribution < 1.29 is 14.3 Å². The molecule has 0 radical (unpaired) electrons. The van der Waals surface area contributed by atoms with E-state index in [4.69, 9.17) is 4.74 Å². The van der Waals surface area contributed by atoms with Crippen LogP contribution in [0.5, 0.6) is 5.75 Å². The highest BCUT2D eigenvalue weighted by molar-refractivity contribution is 6.05. The number of fused-ring (bicyclic) bond motifs is 1. The Morgan fingerprint density at radius 2 is 1.89 bits per heavy atom. The number of ether oxygens (including phenoxy) is 1. The maximum Gasteiger partial charge on any atom is 0.262 e. The Morgan fingerprint density at radius 1 is 1.11 bits per heavy atom. The molecular formula is C21H24N4O3. The Morgan fingerprint density at radius 3 is 2.64 bits per heavy atom. The van der Waals surface area contributed by atoms with Gasteiger partial charge < -0.3 is 25.2 Å². The summed E-state index contributed by atoms with van der Waals surface area (Å²) in [5.41, 5.74) is 4.17. The van der Waals surface area contributed by atoms with E-state index < -0.39 is 0 Å². The number of nitrogens with zero attached hydrogens (tertiary/aromatic N) is 2. The lowest BCUT2D eigenvalue weighted by molar-refractivity contribution is -0.118. The number of aryl methyl sites for hydroxylation is 1. The molecule has 1 fully saturated rings. The van der Waals surface area contributed by atoms with Gasteiger partial charge >= 0.3 is 0 Å². The van der Waals surface area contributed by atoms with E-state index in [2.05, 4.69) is 40.5 Å². The molecule has 146 valence electrons. The summed E-state index contributed by atoms with van der Waals surface area (Å²) >= 11 is 0. The summed E-state index contributed by atoms with van der Waals surface area (Å²) in [4.78, 5) is 28.7. The Kier molecular flexibility index (Phi) is 4.92. The van der Waals surface area contributed by atoms with Crippen LogP contribution in [0.4, 0.5) is 17.1 Å². The normalized spacial score (nSPS) is 16.8. The van der Waals surface area contributed by atoms with Crippen LogP contribution in [0.1, 0.15) is 15.9 Å². The summed E-state index contributed by atoms with van der Waals surface area (Å²) in [5, 5.41) is 5.66. The van der Waals surface area contributed by atoms with Gasteiger partial charge in [-0.2, -0.15) is 0 Å². The predicted molar refractivity (Wildman–Crippen MR) is 109 cm³/mol. The molecule has 4 rings (SSSR count). The molecule has 2 heterocycles. The van der Waals surface area contributed by atoms with Crippen LogP contribution < -0.4 is 20.3 Å². The highest BCUT2D eigenvalue weighted by Gasteiger charge is 2.19. The molecule has 0 bridgehead atoms. The van der Waals surface area contributed by atoms with Gasteiger partial charge in [-0.3, -0.25) is 9.59 Å². The summed E-state index contributed by atoms with van der Waals surface area (Å²) in [5.74, 6) is 0.101. The third-order valence-corrected chi connectivity index (χ3v) is 5.18. The van der Waals surface area contributed by atoms with E-state index in [-0.39, 0.29) is 18.4 Å². The fourth-order valence-electron chi connectivity index (χ4n) is 3.55. The molecule has 0 saturated carbocycles. The standard InChI is InChI=1S/C21H24N4O3/c1-14-11-16(4-6-18(14)25-9-7-24(2)8-10-25)22-21(27)15-3-5-17-19(12-15)28-13-20(26)23-17/h3-6,11-12H,7-10,13H2,1-2H3,(H,22,27)(H,23,26). The molecule has 0 aliphatic carbocycles. The number of hydrogen-bond acceptors (Lipinski definition) is 5. The van der Waals surface area contributed by atoms with E-state index in [0.29, 0.717) is 17.0 Å². The second-order valence-corrected chi connectivity index (χ2v) is 7.29. The average molecular weight is 380 g/mol. The Bertz CT molecular complexity index is 920. The first-order chi connectivity index (χ1) is 13.5. The molecule has 0 aromatic heterocycles. The van der Waals surface area contributed by atoms with Gasteiger partial charge in [-0.1, -0.05) is 0 Å². The van der Waals surface area contributed by atoms with Crippen LogP contribution in [0, 0.1) is 6.92 Å². The molecule has 7 nitrogen and oxygen atoms in total. The number of piperazine rings is 1. The molecule has 2 amide bonds. The fraction of sp³-hybridized carbons (Fsp3) is 0.333. The zero-order chi connectivity index (χ0) is 19.7. The van der Waals surface area contributed by atoms with E-state index in [1.165, 1.54) is 5.69 Å². The number of likely N-dealkylation sites (N-methyl/N-ethyl adjacent to an activating group) is 1. The van der Waals surface area contributed by atoms with Crippen molar-refractivity contribution in [2.45, 2.75) is 6.92 Å². The van der Waals surface area contributed by atoms with E-state index in [1.807, 2.05) is 12.1 Å². The van der Waals surface area contributed by atoms with Gasteiger partial charge in [0.25, 0.3) is 11.8 Å². The van der Waals surface area contributed by atoms with Crippen molar-refractivity contribution in [3.63, 3.8) is 0 Å². The average Bonchev–Trinajstić information content (AvgIpc) is 2.68. The van der Waals surface area contributed by atoms with E-state index in [9.17, 15) is 9.59 Å². The Labute approximate surface area is 164 Å². The quantitative estimate of drug-likeness (QED) is 0.855. The van der Waals surface area contributed by atoms with E-state index in [1.54, 1.807) is 18.2 Å². The molecule has 2 aliphatic rings. The highest BCUT2D eigenvalue weighted by Crippen LogP contribution is 2.29. The molecule has 7 heteroatoms. The van der Waals surface area contributed by atoms with E-state index >= 15 is 0 Å². The second-order valence-electron chi connectivity index (χ2n) is 7.29. The molecular weight excluding hydrogens is 356 g/mol. The fourth-order valence-corrected chi connectivity index (χ4v) is 3.55. The molecule has 1 saturated heterocycles. The number of rotatable bonds is 3. The maximum atomic E-state index is 12.6. The van der Waals surface area contributed by atoms with E-state index in [0.717, 1.165) is 37.4 Å². The Hall–Kier alpha value is -3.06. The number of amides is 2. The number of hydrogen-bond donors (Lipinski definition) is 2. The van der Waals surface area contributed by atoms with Crippen LogP contribution in [0.25, 0.3) is 0 Å². The smallest absolute Gasteiger partial charge is 0.262 e. The SMILES string of the molecule is Cc1cc(NC(=O)c2ccc3c(c2)OCC(=O)N3)ccc1N1CCN(C)CC1. The van der Waals surface area contributed by atoms with Gasteiger partial charge in [0.2, 0.25) is 0 Å². The number of carbonyl (C=O) groups is 2. The molecule has 0 atom stereocenters. The monoisotopic (exact) mass is 380 g/mol. The van der Waals surface area contributed by atoms with Crippen LogP contribution in [0.3, 0.4) is 0 Å². The molecule has 2 aliphatic heterocycles. The van der Waals surface area contributed by atoms with Crippen LogP contribution in [0.2, 0.25) is 0 Å². The van der Waals surface area contributed by atoms with Crippen molar-refractivity contribution in [2.75, 3.05) is 55.4 Å². The molecule has 0 spiro atoms. The summed E-state index contributed by atoms with van der Waals surface area (Å²) in [6.45, 7) is 6.16.